The maximum atomic E-state index is 5.57. The van der Waals surface area contributed by atoms with Crippen LogP contribution in [0, 0.1) is 20.8 Å². The number of hydrogen-bond donors (Lipinski definition) is 0. The zero-order valence-electron chi connectivity index (χ0n) is 16.8. The maximum absolute atomic E-state index is 5.57. The van der Waals surface area contributed by atoms with Gasteiger partial charge in [0.15, 0.2) is 17.3 Å². The fourth-order valence-electron chi connectivity index (χ4n) is 3.58. The van der Waals surface area contributed by atoms with Crippen molar-refractivity contribution in [2.75, 3.05) is 14.2 Å². The van der Waals surface area contributed by atoms with E-state index in [0.29, 0.717) is 11.5 Å². The van der Waals surface area contributed by atoms with Crippen molar-refractivity contribution in [3.8, 4) is 28.6 Å². The van der Waals surface area contributed by atoms with Crippen LogP contribution in [-0.4, -0.2) is 19.3 Å². The Kier molecular flexibility index (Phi) is 4.51. The molecule has 4 aromatic rings. The summed E-state index contributed by atoms with van der Waals surface area (Å²) in [5, 5.41) is 10.7. The number of pyridine rings is 1. The van der Waals surface area contributed by atoms with Crippen LogP contribution < -0.4 is 19.1 Å². The molecule has 28 heavy (non-hydrogen) atoms. The van der Waals surface area contributed by atoms with Crippen LogP contribution in [0.2, 0.25) is 0 Å². The molecule has 4 rings (SSSR count). The number of ether oxygens (including phenoxy) is 2. The summed E-state index contributed by atoms with van der Waals surface area (Å²) in [4.78, 5) is 0. The molecule has 0 aliphatic heterocycles. The van der Waals surface area contributed by atoms with E-state index >= 15 is 0 Å². The third-order valence-corrected chi connectivity index (χ3v) is 4.95. The molecule has 0 aliphatic carbocycles. The van der Waals surface area contributed by atoms with Crippen LogP contribution >= 0.6 is 0 Å². The van der Waals surface area contributed by atoms with Gasteiger partial charge in [0.2, 0.25) is 0 Å². The average molecular weight is 373 g/mol. The van der Waals surface area contributed by atoms with Gasteiger partial charge in [0.1, 0.15) is 0 Å². The lowest BCUT2D eigenvalue weighted by Gasteiger charge is -2.20. The number of methoxy groups -OCH3 is 2. The number of aromatic nitrogens is 3. The summed E-state index contributed by atoms with van der Waals surface area (Å²) in [5.41, 5.74) is 5.33. The zero-order valence-corrected chi connectivity index (χ0v) is 16.8. The van der Waals surface area contributed by atoms with E-state index in [-0.39, 0.29) is 0 Å². The molecule has 0 aliphatic rings. The second-order valence-corrected chi connectivity index (χ2v) is 6.97. The summed E-state index contributed by atoms with van der Waals surface area (Å²) >= 11 is 0. The van der Waals surface area contributed by atoms with Gasteiger partial charge >= 0.3 is 0 Å². The molecule has 0 radical (unpaired) electrons. The van der Waals surface area contributed by atoms with Gasteiger partial charge in [0.05, 0.1) is 25.6 Å². The summed E-state index contributed by atoms with van der Waals surface area (Å²) < 4.78 is 13.2. The third kappa shape index (κ3) is 2.99. The average Bonchev–Trinajstić information content (AvgIpc) is 3.12. The molecule has 0 bridgehead atoms. The lowest BCUT2D eigenvalue weighted by molar-refractivity contribution is -0.594. The Balaban J connectivity index is 2.14. The SMILES string of the molecule is COc1cc2cc(C)[n+](-c3cc(C)n[n-]3)c(-c3ccc(C)cc3)c2cc1OC. The topological polar surface area (TPSA) is 49.3 Å². The lowest BCUT2D eigenvalue weighted by Crippen LogP contribution is -2.38. The smallest absolute Gasteiger partial charge is 0.161 e. The highest BCUT2D eigenvalue weighted by atomic mass is 16.5. The molecule has 5 heteroatoms. The van der Waals surface area contributed by atoms with E-state index in [1.807, 2.05) is 25.1 Å². The first-order valence-corrected chi connectivity index (χ1v) is 9.17. The van der Waals surface area contributed by atoms with Gasteiger partial charge in [0, 0.05) is 17.1 Å². The van der Waals surface area contributed by atoms with Gasteiger partial charge in [-0.1, -0.05) is 29.8 Å². The highest BCUT2D eigenvalue weighted by Crippen LogP contribution is 2.36. The van der Waals surface area contributed by atoms with Gasteiger partial charge < -0.3 is 9.47 Å². The van der Waals surface area contributed by atoms with Crippen LogP contribution in [0.5, 0.6) is 11.5 Å². The Labute approximate surface area is 164 Å². The van der Waals surface area contributed by atoms with Crippen molar-refractivity contribution in [3.63, 3.8) is 0 Å². The zero-order chi connectivity index (χ0) is 19.8. The molecule has 0 N–H and O–H groups in total. The molecule has 0 amide bonds. The maximum Gasteiger partial charge on any atom is 0.161 e. The molecule has 5 nitrogen and oxygen atoms in total. The fraction of sp³-hybridized carbons (Fsp3) is 0.217. The predicted octanol–water partition coefficient (Wildman–Crippen LogP) is 4.08. The first kappa shape index (κ1) is 18.0. The van der Waals surface area contributed by atoms with Gasteiger partial charge in [-0.2, -0.15) is 5.10 Å². The van der Waals surface area contributed by atoms with Crippen molar-refractivity contribution < 1.29 is 14.0 Å². The van der Waals surface area contributed by atoms with Crippen LogP contribution in [0.25, 0.3) is 27.8 Å². The number of fused-ring (bicyclic) bond motifs is 1. The van der Waals surface area contributed by atoms with Crippen LogP contribution in [0.4, 0.5) is 0 Å². The van der Waals surface area contributed by atoms with E-state index in [0.717, 1.165) is 39.2 Å². The minimum absolute atomic E-state index is 0.698. The number of aryl methyl sites for hydroxylation is 3. The minimum atomic E-state index is 0.698. The van der Waals surface area contributed by atoms with E-state index in [9.17, 15) is 0 Å². The van der Waals surface area contributed by atoms with Crippen molar-refractivity contribution in [3.05, 3.63) is 65.5 Å². The van der Waals surface area contributed by atoms with Crippen molar-refractivity contribution in [1.82, 2.24) is 10.2 Å². The highest BCUT2D eigenvalue weighted by Gasteiger charge is 2.17. The van der Waals surface area contributed by atoms with E-state index in [2.05, 4.69) is 58.9 Å². The monoisotopic (exact) mass is 373 g/mol. The van der Waals surface area contributed by atoms with Crippen molar-refractivity contribution in [2.24, 2.45) is 0 Å². The molecule has 142 valence electrons. The van der Waals surface area contributed by atoms with E-state index < -0.39 is 0 Å². The Bertz CT molecular complexity index is 1160. The second kappa shape index (κ2) is 7.00. The third-order valence-electron chi connectivity index (χ3n) is 4.95. The van der Waals surface area contributed by atoms with E-state index in [1.165, 1.54) is 5.56 Å². The Hall–Kier alpha value is -3.34. The van der Waals surface area contributed by atoms with Crippen molar-refractivity contribution >= 4 is 10.8 Å². The van der Waals surface area contributed by atoms with E-state index in [4.69, 9.17) is 9.47 Å². The molecule has 0 unspecified atom stereocenters. The molecule has 0 saturated carbocycles. The minimum Gasteiger partial charge on any atom is -0.493 e. The summed E-state index contributed by atoms with van der Waals surface area (Å²) in [5.74, 6) is 2.22. The van der Waals surface area contributed by atoms with Gasteiger partial charge in [-0.3, -0.25) is 4.57 Å². The van der Waals surface area contributed by atoms with Gasteiger partial charge in [0.25, 0.3) is 0 Å². The normalized spacial score (nSPS) is 11.0. The Morgan fingerprint density at radius 1 is 0.857 bits per heavy atom. The molecule has 2 heterocycles. The molecular weight excluding hydrogens is 350 g/mol. The molecule has 0 fully saturated rings. The summed E-state index contributed by atoms with van der Waals surface area (Å²) in [6, 6.07) is 16.7. The predicted molar refractivity (Wildman–Crippen MR) is 109 cm³/mol. The van der Waals surface area contributed by atoms with Crippen LogP contribution in [0.3, 0.4) is 0 Å². The molecular formula is C23H23N3O2. The molecule has 0 atom stereocenters. The summed E-state index contributed by atoms with van der Waals surface area (Å²) in [7, 11) is 3.31. The molecule has 2 aromatic heterocycles. The second-order valence-electron chi connectivity index (χ2n) is 6.97. The quantitative estimate of drug-likeness (QED) is 0.506. The van der Waals surface area contributed by atoms with Gasteiger partial charge in [-0.25, -0.2) is 0 Å². The molecule has 0 saturated heterocycles. The Morgan fingerprint density at radius 3 is 2.14 bits per heavy atom. The van der Waals surface area contributed by atoms with Crippen molar-refractivity contribution in [1.29, 1.82) is 0 Å². The Morgan fingerprint density at radius 2 is 1.54 bits per heavy atom. The van der Waals surface area contributed by atoms with E-state index in [1.54, 1.807) is 14.2 Å². The summed E-state index contributed by atoms with van der Waals surface area (Å²) in [6.07, 6.45) is 0. The number of rotatable bonds is 4. The summed E-state index contributed by atoms with van der Waals surface area (Å²) in [6.45, 7) is 6.12. The lowest BCUT2D eigenvalue weighted by atomic mass is 10.0. The molecule has 0 spiro atoms. The van der Waals surface area contributed by atoms with Gasteiger partial charge in [-0.05, 0) is 49.9 Å². The van der Waals surface area contributed by atoms with Crippen LogP contribution in [0.15, 0.2) is 48.5 Å². The van der Waals surface area contributed by atoms with Crippen LogP contribution in [0.1, 0.15) is 17.0 Å². The van der Waals surface area contributed by atoms with Crippen LogP contribution in [-0.2, 0) is 0 Å². The fourth-order valence-corrected chi connectivity index (χ4v) is 3.58. The number of nitrogens with zero attached hydrogens (tertiary/aromatic N) is 3. The standard InChI is InChI=1S/C23H23N3O2/c1-14-6-8-17(9-7-14)23-19-13-21(28-5)20(27-4)12-18(19)11-16(3)26(23)22-10-15(2)24-25-22/h6-13H,1-5H3. The van der Waals surface area contributed by atoms with Gasteiger partial charge in [-0.15, -0.1) is 5.10 Å². The molecule has 2 aromatic carbocycles. The largest absolute Gasteiger partial charge is 0.493 e. The number of hydrogen-bond acceptors (Lipinski definition) is 3. The highest BCUT2D eigenvalue weighted by molar-refractivity contribution is 5.95. The van der Waals surface area contributed by atoms with Crippen molar-refractivity contribution in [2.45, 2.75) is 20.8 Å². The number of benzene rings is 2. The first-order valence-electron chi connectivity index (χ1n) is 9.17. The first-order chi connectivity index (χ1) is 13.5.